The highest BCUT2D eigenvalue weighted by Gasteiger charge is 2.44. The number of Topliss-reactive ketones (excluding diaryl/α,β-unsaturated/α-hetero) is 1. The summed E-state index contributed by atoms with van der Waals surface area (Å²) in [5, 5.41) is 10.6. The average molecular weight is 313 g/mol. The number of aliphatic hydroxyl groups is 1. The SMILES string of the molecule is CC(C)(O)C(C)(CCc1ccccc1)C(=O)CBr. The number of benzene rings is 1. The van der Waals surface area contributed by atoms with Crippen LogP contribution >= 0.6 is 15.9 Å². The number of ketones is 1. The molecule has 0 saturated heterocycles. The van der Waals surface area contributed by atoms with Gasteiger partial charge in [-0.2, -0.15) is 0 Å². The Morgan fingerprint density at radius 3 is 2.22 bits per heavy atom. The molecule has 1 N–H and O–H groups in total. The summed E-state index contributed by atoms with van der Waals surface area (Å²) >= 11 is 3.21. The van der Waals surface area contributed by atoms with Crippen molar-refractivity contribution in [2.75, 3.05) is 5.33 Å². The van der Waals surface area contributed by atoms with E-state index in [4.69, 9.17) is 0 Å². The van der Waals surface area contributed by atoms with Gasteiger partial charge in [0.1, 0.15) is 0 Å². The maximum absolute atomic E-state index is 12.1. The van der Waals surface area contributed by atoms with Crippen LogP contribution in [0.5, 0.6) is 0 Å². The van der Waals surface area contributed by atoms with Gasteiger partial charge in [-0.1, -0.05) is 46.3 Å². The maximum atomic E-state index is 12.1. The monoisotopic (exact) mass is 312 g/mol. The van der Waals surface area contributed by atoms with Crippen LogP contribution in [0.3, 0.4) is 0 Å². The molecule has 1 aromatic rings. The van der Waals surface area contributed by atoms with Gasteiger partial charge >= 0.3 is 0 Å². The van der Waals surface area contributed by atoms with Gasteiger partial charge in [0.25, 0.3) is 0 Å². The molecule has 1 atom stereocenters. The first-order chi connectivity index (χ1) is 8.31. The Labute approximate surface area is 118 Å². The molecular weight excluding hydrogens is 292 g/mol. The average Bonchev–Trinajstić information content (AvgIpc) is 2.34. The highest BCUT2D eigenvalue weighted by molar-refractivity contribution is 9.09. The zero-order chi connectivity index (χ0) is 13.8. The van der Waals surface area contributed by atoms with Crippen LogP contribution in [0.2, 0.25) is 0 Å². The molecule has 0 radical (unpaired) electrons. The summed E-state index contributed by atoms with van der Waals surface area (Å²) in [7, 11) is 0. The van der Waals surface area contributed by atoms with Gasteiger partial charge in [0.15, 0.2) is 5.78 Å². The van der Waals surface area contributed by atoms with Crippen molar-refractivity contribution in [2.24, 2.45) is 5.41 Å². The molecule has 0 bridgehead atoms. The molecule has 1 rings (SSSR count). The molecule has 18 heavy (non-hydrogen) atoms. The summed E-state index contributed by atoms with van der Waals surface area (Å²) < 4.78 is 0. The molecular formula is C15H21BrO2. The third kappa shape index (κ3) is 3.42. The zero-order valence-corrected chi connectivity index (χ0v) is 12.8. The first kappa shape index (κ1) is 15.4. The fourth-order valence-electron chi connectivity index (χ4n) is 1.97. The maximum Gasteiger partial charge on any atom is 0.152 e. The second-order valence-corrected chi connectivity index (χ2v) is 5.99. The smallest absolute Gasteiger partial charge is 0.152 e. The van der Waals surface area contributed by atoms with E-state index in [1.54, 1.807) is 13.8 Å². The van der Waals surface area contributed by atoms with Crippen molar-refractivity contribution in [3.05, 3.63) is 35.9 Å². The van der Waals surface area contributed by atoms with Crippen LogP contribution in [0.1, 0.15) is 32.8 Å². The molecule has 0 aromatic heterocycles. The van der Waals surface area contributed by atoms with Crippen molar-refractivity contribution in [3.63, 3.8) is 0 Å². The quantitative estimate of drug-likeness (QED) is 0.818. The Bertz CT molecular complexity index is 395. The first-order valence-corrected chi connectivity index (χ1v) is 7.29. The molecule has 0 saturated carbocycles. The molecule has 0 aliphatic carbocycles. The van der Waals surface area contributed by atoms with Crippen molar-refractivity contribution in [3.8, 4) is 0 Å². The number of carbonyl (C=O) groups is 1. The molecule has 0 aliphatic heterocycles. The molecule has 3 heteroatoms. The Morgan fingerprint density at radius 1 is 1.22 bits per heavy atom. The van der Waals surface area contributed by atoms with Gasteiger partial charge in [0.05, 0.1) is 16.3 Å². The van der Waals surface area contributed by atoms with E-state index in [1.165, 1.54) is 5.56 Å². The number of aryl methyl sites for hydroxylation is 1. The van der Waals surface area contributed by atoms with Gasteiger partial charge in [-0.15, -0.1) is 0 Å². The summed E-state index contributed by atoms with van der Waals surface area (Å²) in [4.78, 5) is 12.1. The van der Waals surface area contributed by atoms with E-state index >= 15 is 0 Å². The van der Waals surface area contributed by atoms with Crippen LogP contribution in [0.15, 0.2) is 30.3 Å². The van der Waals surface area contributed by atoms with Gasteiger partial charge in [-0.3, -0.25) is 4.79 Å². The summed E-state index contributed by atoms with van der Waals surface area (Å²) in [6.45, 7) is 5.26. The highest BCUT2D eigenvalue weighted by Crippen LogP contribution is 2.37. The lowest BCUT2D eigenvalue weighted by molar-refractivity contribution is -0.140. The van der Waals surface area contributed by atoms with E-state index in [-0.39, 0.29) is 11.1 Å². The fourth-order valence-corrected chi connectivity index (χ4v) is 2.59. The largest absolute Gasteiger partial charge is 0.389 e. The first-order valence-electron chi connectivity index (χ1n) is 6.17. The molecule has 0 heterocycles. The standard InChI is InChI=1S/C15H21BrO2/c1-14(2,18)15(3,13(17)11-16)10-9-12-7-5-4-6-8-12/h4-8,18H,9-11H2,1-3H3. The van der Waals surface area contributed by atoms with Gasteiger partial charge in [-0.05, 0) is 39.2 Å². The molecule has 0 aliphatic rings. The van der Waals surface area contributed by atoms with Crippen molar-refractivity contribution >= 4 is 21.7 Å². The van der Waals surface area contributed by atoms with Crippen LogP contribution in [-0.2, 0) is 11.2 Å². The lowest BCUT2D eigenvalue weighted by atomic mass is 9.69. The van der Waals surface area contributed by atoms with Gasteiger partial charge in [0, 0.05) is 0 Å². The van der Waals surface area contributed by atoms with Gasteiger partial charge < -0.3 is 5.11 Å². The van der Waals surface area contributed by atoms with Crippen LogP contribution in [0.4, 0.5) is 0 Å². The molecule has 0 spiro atoms. The lowest BCUT2D eigenvalue weighted by Gasteiger charge is -2.39. The predicted octanol–water partition coefficient (Wildman–Crippen LogP) is 3.36. The van der Waals surface area contributed by atoms with E-state index in [0.717, 1.165) is 6.42 Å². The van der Waals surface area contributed by atoms with E-state index in [1.807, 2.05) is 37.3 Å². The van der Waals surface area contributed by atoms with E-state index < -0.39 is 11.0 Å². The molecule has 0 fully saturated rings. The van der Waals surface area contributed by atoms with Crippen molar-refractivity contribution in [1.29, 1.82) is 0 Å². The van der Waals surface area contributed by atoms with Crippen molar-refractivity contribution < 1.29 is 9.90 Å². The van der Waals surface area contributed by atoms with E-state index in [9.17, 15) is 9.90 Å². The van der Waals surface area contributed by atoms with Gasteiger partial charge in [-0.25, -0.2) is 0 Å². The minimum atomic E-state index is -1.02. The van der Waals surface area contributed by atoms with Crippen molar-refractivity contribution in [1.82, 2.24) is 0 Å². The van der Waals surface area contributed by atoms with Gasteiger partial charge in [0.2, 0.25) is 0 Å². The third-order valence-corrected chi connectivity index (χ3v) is 4.35. The Kier molecular flexibility index (Phi) is 5.11. The normalized spacial score (nSPS) is 15.2. The number of hydrogen-bond donors (Lipinski definition) is 1. The van der Waals surface area contributed by atoms with Crippen molar-refractivity contribution in [2.45, 2.75) is 39.2 Å². The minimum absolute atomic E-state index is 0.0472. The summed E-state index contributed by atoms with van der Waals surface area (Å²) in [6, 6.07) is 10.0. The number of alkyl halides is 1. The van der Waals surface area contributed by atoms with E-state index in [2.05, 4.69) is 15.9 Å². The number of carbonyl (C=O) groups excluding carboxylic acids is 1. The third-order valence-electron chi connectivity index (χ3n) is 3.84. The summed E-state index contributed by atoms with van der Waals surface area (Å²) in [6.07, 6.45) is 1.44. The molecule has 1 unspecified atom stereocenters. The Hall–Kier alpha value is -0.670. The topological polar surface area (TPSA) is 37.3 Å². The fraction of sp³-hybridized carbons (Fsp3) is 0.533. The predicted molar refractivity (Wildman–Crippen MR) is 78.0 cm³/mol. The Morgan fingerprint density at radius 2 is 1.78 bits per heavy atom. The number of hydrogen-bond acceptors (Lipinski definition) is 2. The Balaban J connectivity index is 2.84. The second-order valence-electron chi connectivity index (χ2n) is 5.43. The van der Waals surface area contributed by atoms with Crippen LogP contribution in [-0.4, -0.2) is 21.8 Å². The highest BCUT2D eigenvalue weighted by atomic mass is 79.9. The molecule has 2 nitrogen and oxygen atoms in total. The van der Waals surface area contributed by atoms with E-state index in [0.29, 0.717) is 6.42 Å². The van der Waals surface area contributed by atoms with Crippen LogP contribution in [0, 0.1) is 5.41 Å². The summed E-state index contributed by atoms with van der Waals surface area (Å²) in [5.74, 6) is 0.0472. The lowest BCUT2D eigenvalue weighted by Crippen LogP contribution is -2.48. The molecule has 100 valence electrons. The molecule has 0 amide bonds. The summed E-state index contributed by atoms with van der Waals surface area (Å²) in [5.41, 5.74) is -0.561. The zero-order valence-electron chi connectivity index (χ0n) is 11.2. The molecule has 1 aromatic carbocycles. The second kappa shape index (κ2) is 5.98. The van der Waals surface area contributed by atoms with Crippen LogP contribution in [0.25, 0.3) is 0 Å². The van der Waals surface area contributed by atoms with Crippen LogP contribution < -0.4 is 0 Å². The minimum Gasteiger partial charge on any atom is -0.389 e. The number of halogens is 1. The number of rotatable bonds is 6.